The van der Waals surface area contributed by atoms with Crippen LogP contribution in [0.5, 0.6) is 0 Å². The lowest BCUT2D eigenvalue weighted by atomic mass is 10.2. The van der Waals surface area contributed by atoms with E-state index >= 15 is 0 Å². The monoisotopic (exact) mass is 255 g/mol. The fraction of sp³-hybridized carbons (Fsp3) is 0.333. The fourth-order valence-electron chi connectivity index (χ4n) is 0.573. The van der Waals surface area contributed by atoms with E-state index in [-0.39, 0.29) is 5.00 Å². The van der Waals surface area contributed by atoms with Crippen molar-refractivity contribution in [2.24, 2.45) is 0 Å². The van der Waals surface area contributed by atoms with E-state index in [2.05, 4.69) is 22.9 Å². The highest BCUT2D eigenvalue weighted by molar-refractivity contribution is 14.1. The minimum Gasteiger partial charge on any atom is -0.298 e. The minimum atomic E-state index is -0.338. The molecule has 0 fully saturated rings. The van der Waals surface area contributed by atoms with Crippen molar-refractivity contribution in [2.45, 2.75) is 11.9 Å². The predicted molar refractivity (Wildman–Crippen MR) is 48.4 cm³/mol. The molecule has 0 saturated heterocycles. The summed E-state index contributed by atoms with van der Waals surface area (Å²) in [6, 6.07) is 0. The maximum Gasteiger partial charge on any atom is 0.139 e. The van der Waals surface area contributed by atoms with E-state index in [0.29, 0.717) is 0 Å². The van der Waals surface area contributed by atoms with Gasteiger partial charge >= 0.3 is 0 Å². The van der Waals surface area contributed by atoms with Crippen LogP contribution in [0.25, 0.3) is 0 Å². The SMILES string of the molecule is CC1(Cl)C=CC=CN1I. The number of halogens is 2. The van der Waals surface area contributed by atoms with E-state index in [9.17, 15) is 0 Å². The molecule has 1 rings (SSSR count). The van der Waals surface area contributed by atoms with Gasteiger partial charge in [-0.2, -0.15) is 0 Å². The standard InChI is InChI=1S/C6H7ClIN/c1-6(7)4-2-3-5-9(6)8/h2-5H,1H3. The van der Waals surface area contributed by atoms with Crippen molar-refractivity contribution < 1.29 is 0 Å². The third-order valence-electron chi connectivity index (χ3n) is 1.15. The summed E-state index contributed by atoms with van der Waals surface area (Å²) in [5.41, 5.74) is 0. The smallest absolute Gasteiger partial charge is 0.139 e. The van der Waals surface area contributed by atoms with Crippen LogP contribution in [0.2, 0.25) is 0 Å². The molecular formula is C6H7ClIN. The van der Waals surface area contributed by atoms with Crippen molar-refractivity contribution in [3.8, 4) is 0 Å². The highest BCUT2D eigenvalue weighted by Gasteiger charge is 2.22. The molecule has 1 aliphatic rings. The van der Waals surface area contributed by atoms with E-state index in [0.717, 1.165) is 0 Å². The molecule has 1 aliphatic heterocycles. The Morgan fingerprint density at radius 3 is 2.56 bits per heavy atom. The molecule has 0 aromatic rings. The Morgan fingerprint density at radius 1 is 1.56 bits per heavy atom. The first-order valence-electron chi connectivity index (χ1n) is 2.63. The normalized spacial score (nSPS) is 33.4. The quantitative estimate of drug-likeness (QED) is 0.278. The molecule has 0 saturated carbocycles. The summed E-state index contributed by atoms with van der Waals surface area (Å²) in [7, 11) is 0. The molecule has 0 aromatic carbocycles. The van der Waals surface area contributed by atoms with Gasteiger partial charge in [-0.15, -0.1) is 0 Å². The molecule has 0 aliphatic carbocycles. The highest BCUT2D eigenvalue weighted by atomic mass is 127. The van der Waals surface area contributed by atoms with Gasteiger partial charge < -0.3 is 0 Å². The molecule has 1 unspecified atom stereocenters. The third kappa shape index (κ3) is 1.61. The summed E-state index contributed by atoms with van der Waals surface area (Å²) in [5, 5.41) is 0. The van der Waals surface area contributed by atoms with Gasteiger partial charge in [0, 0.05) is 6.20 Å². The maximum atomic E-state index is 6.00. The zero-order valence-electron chi connectivity index (χ0n) is 5.01. The Bertz CT molecular complexity index is 162. The number of nitrogens with zero attached hydrogens (tertiary/aromatic N) is 1. The van der Waals surface area contributed by atoms with E-state index in [1.807, 2.05) is 34.5 Å². The van der Waals surface area contributed by atoms with Crippen LogP contribution in [-0.4, -0.2) is 8.11 Å². The number of hydrogen-bond acceptors (Lipinski definition) is 1. The summed E-state index contributed by atoms with van der Waals surface area (Å²) in [6.07, 6.45) is 7.79. The van der Waals surface area contributed by atoms with Crippen molar-refractivity contribution in [1.29, 1.82) is 0 Å². The molecule has 0 spiro atoms. The van der Waals surface area contributed by atoms with Crippen molar-refractivity contribution in [3.05, 3.63) is 24.4 Å². The molecular weight excluding hydrogens is 248 g/mol. The van der Waals surface area contributed by atoms with Gasteiger partial charge in [-0.25, -0.2) is 0 Å². The third-order valence-corrected chi connectivity index (χ3v) is 3.06. The molecule has 0 amide bonds. The molecule has 0 N–H and O–H groups in total. The van der Waals surface area contributed by atoms with Crippen LogP contribution in [0, 0.1) is 0 Å². The van der Waals surface area contributed by atoms with E-state index < -0.39 is 0 Å². The zero-order chi connectivity index (χ0) is 6.91. The van der Waals surface area contributed by atoms with E-state index in [1.54, 1.807) is 0 Å². The Morgan fingerprint density at radius 2 is 2.22 bits per heavy atom. The number of allylic oxidation sites excluding steroid dienone is 2. The van der Waals surface area contributed by atoms with Gasteiger partial charge in [0.25, 0.3) is 0 Å². The molecule has 1 heterocycles. The summed E-state index contributed by atoms with van der Waals surface area (Å²) < 4.78 is 1.92. The molecule has 0 bridgehead atoms. The van der Waals surface area contributed by atoms with E-state index in [1.165, 1.54) is 0 Å². The zero-order valence-corrected chi connectivity index (χ0v) is 7.93. The second-order valence-electron chi connectivity index (χ2n) is 2.04. The fourth-order valence-corrected chi connectivity index (χ4v) is 1.05. The average molecular weight is 255 g/mol. The lowest BCUT2D eigenvalue weighted by Crippen LogP contribution is -2.28. The first-order valence-corrected chi connectivity index (χ1v) is 3.97. The van der Waals surface area contributed by atoms with Crippen LogP contribution in [-0.2, 0) is 0 Å². The van der Waals surface area contributed by atoms with Crippen LogP contribution in [0.1, 0.15) is 6.92 Å². The molecule has 1 nitrogen and oxygen atoms in total. The second kappa shape index (κ2) is 2.50. The Hall–Kier alpha value is 0.300. The lowest BCUT2D eigenvalue weighted by molar-refractivity contribution is 0.527. The summed E-state index contributed by atoms with van der Waals surface area (Å²) in [4.78, 5) is -0.338. The first-order chi connectivity index (χ1) is 4.13. The van der Waals surface area contributed by atoms with Gasteiger partial charge in [0.05, 0.1) is 22.9 Å². The molecule has 1 atom stereocenters. The second-order valence-corrected chi connectivity index (χ2v) is 3.84. The van der Waals surface area contributed by atoms with Crippen LogP contribution in [0.4, 0.5) is 0 Å². The molecule has 50 valence electrons. The van der Waals surface area contributed by atoms with Gasteiger partial charge in [-0.3, -0.25) is 3.11 Å². The summed E-state index contributed by atoms with van der Waals surface area (Å²) in [6.45, 7) is 1.95. The van der Waals surface area contributed by atoms with Crippen molar-refractivity contribution in [2.75, 3.05) is 0 Å². The summed E-state index contributed by atoms with van der Waals surface area (Å²) >= 11 is 8.17. The number of alkyl halides is 1. The number of hydrogen-bond donors (Lipinski definition) is 0. The molecule has 0 aromatic heterocycles. The molecule has 0 radical (unpaired) electrons. The largest absolute Gasteiger partial charge is 0.298 e. The van der Waals surface area contributed by atoms with Gasteiger partial charge in [-0.05, 0) is 19.1 Å². The lowest BCUT2D eigenvalue weighted by Gasteiger charge is -2.28. The van der Waals surface area contributed by atoms with Gasteiger partial charge in [0.2, 0.25) is 0 Å². The van der Waals surface area contributed by atoms with Crippen LogP contribution < -0.4 is 0 Å². The van der Waals surface area contributed by atoms with Crippen molar-refractivity contribution >= 4 is 34.5 Å². The Balaban J connectivity index is 2.78. The van der Waals surface area contributed by atoms with Crippen LogP contribution in [0.3, 0.4) is 0 Å². The predicted octanol–water partition coefficient (Wildman–Crippen LogP) is 2.68. The van der Waals surface area contributed by atoms with Crippen molar-refractivity contribution in [1.82, 2.24) is 3.11 Å². The number of rotatable bonds is 0. The first kappa shape index (κ1) is 7.41. The highest BCUT2D eigenvalue weighted by Crippen LogP contribution is 2.28. The Kier molecular flexibility index (Phi) is 2.06. The van der Waals surface area contributed by atoms with Crippen LogP contribution >= 0.6 is 34.5 Å². The summed E-state index contributed by atoms with van der Waals surface area (Å²) in [5.74, 6) is 0. The van der Waals surface area contributed by atoms with Gasteiger partial charge in [0.15, 0.2) is 0 Å². The topological polar surface area (TPSA) is 3.24 Å². The van der Waals surface area contributed by atoms with Crippen molar-refractivity contribution in [3.63, 3.8) is 0 Å². The van der Waals surface area contributed by atoms with Gasteiger partial charge in [0.1, 0.15) is 5.00 Å². The molecule has 9 heavy (non-hydrogen) atoms. The average Bonchev–Trinajstić information content (AvgIpc) is 1.77. The van der Waals surface area contributed by atoms with Gasteiger partial charge in [-0.1, -0.05) is 17.7 Å². The molecule has 3 heteroatoms. The van der Waals surface area contributed by atoms with E-state index in [4.69, 9.17) is 11.6 Å². The maximum absolute atomic E-state index is 6.00. The van der Waals surface area contributed by atoms with Crippen LogP contribution in [0.15, 0.2) is 24.4 Å². The minimum absolute atomic E-state index is 0.338. The Labute approximate surface area is 73.9 Å².